The number of nitrogens with zero attached hydrogens (tertiary/aromatic N) is 1. The van der Waals surface area contributed by atoms with E-state index in [1.165, 1.54) is 7.11 Å². The average molecular weight is 249 g/mol. The number of hydrogen-bond acceptors (Lipinski definition) is 5. The van der Waals surface area contributed by atoms with Crippen molar-refractivity contribution in [2.24, 2.45) is 11.1 Å². The van der Waals surface area contributed by atoms with Crippen molar-refractivity contribution in [3.05, 3.63) is 29.8 Å². The minimum atomic E-state index is -0.311. The summed E-state index contributed by atoms with van der Waals surface area (Å²) in [5.74, 6) is -0.0975. The summed E-state index contributed by atoms with van der Waals surface area (Å²) in [4.78, 5) is 16.5. The monoisotopic (exact) mass is 249 g/mol. The van der Waals surface area contributed by atoms with Gasteiger partial charge >= 0.3 is 5.97 Å². The number of methoxy groups -OCH3 is 1. The van der Waals surface area contributed by atoms with Crippen molar-refractivity contribution >= 4 is 11.7 Å². The standard InChI is InChI=1S/C13H15NO4/c1-8-11(7-12(16)17-2)18-14-13(8)9-3-5-10(15)6-4-9/h3-6,8,11,15H,7H2,1-2H3. The van der Waals surface area contributed by atoms with E-state index in [4.69, 9.17) is 4.84 Å². The Bertz CT molecular complexity index is 466. The Morgan fingerprint density at radius 3 is 2.72 bits per heavy atom. The fourth-order valence-corrected chi connectivity index (χ4v) is 1.88. The second-order valence-corrected chi connectivity index (χ2v) is 4.24. The summed E-state index contributed by atoms with van der Waals surface area (Å²) in [7, 11) is 1.35. The van der Waals surface area contributed by atoms with Crippen molar-refractivity contribution in [1.82, 2.24) is 0 Å². The number of phenolic OH excluding ortho intramolecular Hbond substituents is 1. The van der Waals surface area contributed by atoms with Crippen LogP contribution in [0.25, 0.3) is 0 Å². The maximum atomic E-state index is 11.2. The van der Waals surface area contributed by atoms with Gasteiger partial charge in [-0.15, -0.1) is 0 Å². The van der Waals surface area contributed by atoms with Gasteiger partial charge in [0.25, 0.3) is 0 Å². The molecule has 18 heavy (non-hydrogen) atoms. The highest BCUT2D eigenvalue weighted by Crippen LogP contribution is 2.26. The number of rotatable bonds is 3. The van der Waals surface area contributed by atoms with E-state index in [0.29, 0.717) is 0 Å². The molecule has 1 N–H and O–H groups in total. The van der Waals surface area contributed by atoms with Crippen LogP contribution in [0.4, 0.5) is 0 Å². The molecule has 5 nitrogen and oxygen atoms in total. The van der Waals surface area contributed by atoms with Crippen LogP contribution in [0.5, 0.6) is 5.75 Å². The van der Waals surface area contributed by atoms with Gasteiger partial charge in [0.1, 0.15) is 11.9 Å². The SMILES string of the molecule is COC(=O)CC1ON=C(c2ccc(O)cc2)C1C. The first-order chi connectivity index (χ1) is 8.61. The van der Waals surface area contributed by atoms with Gasteiger partial charge in [0.2, 0.25) is 0 Å². The van der Waals surface area contributed by atoms with E-state index in [-0.39, 0.29) is 30.2 Å². The number of hydrogen-bond donors (Lipinski definition) is 1. The number of aromatic hydroxyl groups is 1. The molecular weight excluding hydrogens is 234 g/mol. The zero-order chi connectivity index (χ0) is 13.1. The van der Waals surface area contributed by atoms with Crippen LogP contribution in [0, 0.1) is 5.92 Å². The first-order valence-corrected chi connectivity index (χ1v) is 5.71. The lowest BCUT2D eigenvalue weighted by Crippen LogP contribution is -2.24. The van der Waals surface area contributed by atoms with Crippen molar-refractivity contribution in [3.8, 4) is 5.75 Å². The van der Waals surface area contributed by atoms with E-state index in [2.05, 4.69) is 9.89 Å². The Morgan fingerprint density at radius 2 is 2.11 bits per heavy atom. The maximum Gasteiger partial charge on any atom is 0.309 e. The van der Waals surface area contributed by atoms with Crippen LogP contribution >= 0.6 is 0 Å². The quantitative estimate of drug-likeness (QED) is 0.828. The van der Waals surface area contributed by atoms with Gasteiger partial charge in [0.05, 0.1) is 19.2 Å². The third kappa shape index (κ3) is 2.45. The predicted molar refractivity (Wildman–Crippen MR) is 65.3 cm³/mol. The summed E-state index contributed by atoms with van der Waals surface area (Å²) in [6.07, 6.45) is -0.107. The zero-order valence-corrected chi connectivity index (χ0v) is 10.3. The first kappa shape index (κ1) is 12.4. The van der Waals surface area contributed by atoms with E-state index in [1.807, 2.05) is 6.92 Å². The van der Waals surface area contributed by atoms with Crippen LogP contribution < -0.4 is 0 Å². The van der Waals surface area contributed by atoms with E-state index in [9.17, 15) is 9.90 Å². The van der Waals surface area contributed by atoms with Gasteiger partial charge in [-0.1, -0.05) is 12.1 Å². The van der Waals surface area contributed by atoms with Crippen LogP contribution in [0.3, 0.4) is 0 Å². The third-order valence-corrected chi connectivity index (χ3v) is 3.03. The molecule has 0 saturated carbocycles. The van der Waals surface area contributed by atoms with Crippen LogP contribution in [0.1, 0.15) is 18.9 Å². The molecule has 96 valence electrons. The lowest BCUT2D eigenvalue weighted by molar-refractivity contribution is -0.143. The fraction of sp³-hybridized carbons (Fsp3) is 0.385. The molecule has 0 amide bonds. The smallest absolute Gasteiger partial charge is 0.309 e. The minimum absolute atomic E-state index is 0.00800. The highest BCUT2D eigenvalue weighted by atomic mass is 16.6. The number of carbonyl (C=O) groups excluding carboxylic acids is 1. The summed E-state index contributed by atoms with van der Waals surface area (Å²) in [5, 5.41) is 13.2. The second kappa shape index (κ2) is 5.08. The molecule has 1 aromatic rings. The van der Waals surface area contributed by atoms with E-state index >= 15 is 0 Å². The van der Waals surface area contributed by atoms with Gasteiger partial charge in [-0.2, -0.15) is 0 Å². The van der Waals surface area contributed by atoms with Crippen molar-refractivity contribution in [2.75, 3.05) is 7.11 Å². The van der Waals surface area contributed by atoms with Crippen molar-refractivity contribution in [2.45, 2.75) is 19.4 Å². The number of oxime groups is 1. The highest BCUT2D eigenvalue weighted by molar-refractivity contribution is 6.03. The fourth-order valence-electron chi connectivity index (χ4n) is 1.88. The number of phenols is 1. The maximum absolute atomic E-state index is 11.2. The molecule has 1 aliphatic rings. The zero-order valence-electron chi connectivity index (χ0n) is 10.3. The van der Waals surface area contributed by atoms with E-state index in [0.717, 1.165) is 11.3 Å². The van der Waals surface area contributed by atoms with Gasteiger partial charge in [-0.25, -0.2) is 0 Å². The van der Waals surface area contributed by atoms with Crippen LogP contribution in [-0.2, 0) is 14.4 Å². The molecule has 0 radical (unpaired) electrons. The number of esters is 1. The average Bonchev–Trinajstić information content (AvgIpc) is 2.72. The molecule has 1 aromatic carbocycles. The summed E-state index contributed by atoms with van der Waals surface area (Å²) in [6.45, 7) is 1.95. The van der Waals surface area contributed by atoms with Crippen LogP contribution in [0.15, 0.2) is 29.4 Å². The molecule has 2 atom stereocenters. The summed E-state index contributed by atoms with van der Waals surface area (Å²) >= 11 is 0. The van der Waals surface area contributed by atoms with Crippen molar-refractivity contribution in [1.29, 1.82) is 0 Å². The third-order valence-electron chi connectivity index (χ3n) is 3.03. The summed E-state index contributed by atoms with van der Waals surface area (Å²) in [5.41, 5.74) is 1.66. The lowest BCUT2D eigenvalue weighted by Gasteiger charge is -2.13. The highest BCUT2D eigenvalue weighted by Gasteiger charge is 2.33. The topological polar surface area (TPSA) is 68.1 Å². The molecule has 2 unspecified atom stereocenters. The second-order valence-electron chi connectivity index (χ2n) is 4.24. The van der Waals surface area contributed by atoms with Gasteiger partial charge in [0, 0.05) is 5.92 Å². The number of ether oxygens (including phenoxy) is 1. The molecule has 0 bridgehead atoms. The van der Waals surface area contributed by atoms with Crippen molar-refractivity contribution < 1.29 is 19.5 Å². The molecule has 0 saturated heterocycles. The van der Waals surface area contributed by atoms with E-state index in [1.54, 1.807) is 24.3 Å². The van der Waals surface area contributed by atoms with Gasteiger partial charge in [0.15, 0.2) is 0 Å². The van der Waals surface area contributed by atoms with Crippen molar-refractivity contribution in [3.63, 3.8) is 0 Å². The van der Waals surface area contributed by atoms with E-state index < -0.39 is 0 Å². The molecular formula is C13H15NO4. The molecule has 0 aromatic heterocycles. The first-order valence-electron chi connectivity index (χ1n) is 5.71. The number of carbonyl (C=O) groups is 1. The molecule has 2 rings (SSSR count). The van der Waals surface area contributed by atoms with Gasteiger partial charge < -0.3 is 14.7 Å². The Morgan fingerprint density at radius 1 is 1.44 bits per heavy atom. The molecule has 0 fully saturated rings. The van der Waals surface area contributed by atoms with Crippen LogP contribution in [-0.4, -0.2) is 30.0 Å². The largest absolute Gasteiger partial charge is 0.508 e. The molecule has 1 aliphatic heterocycles. The lowest BCUT2D eigenvalue weighted by atomic mass is 9.92. The van der Waals surface area contributed by atoms with Crippen LogP contribution in [0.2, 0.25) is 0 Å². The molecule has 0 spiro atoms. The molecule has 1 heterocycles. The molecule has 0 aliphatic carbocycles. The Balaban J connectivity index is 2.08. The summed E-state index contributed by atoms with van der Waals surface area (Å²) < 4.78 is 4.61. The van der Waals surface area contributed by atoms with Gasteiger partial charge in [-0.05, 0) is 29.8 Å². The Labute approximate surface area is 105 Å². The Hall–Kier alpha value is -2.04. The normalized spacial score (nSPS) is 22.2. The number of benzene rings is 1. The van der Waals surface area contributed by atoms with Gasteiger partial charge in [-0.3, -0.25) is 4.79 Å². The Kier molecular flexibility index (Phi) is 3.50. The predicted octanol–water partition coefficient (Wildman–Crippen LogP) is 1.69. The molecule has 5 heteroatoms. The minimum Gasteiger partial charge on any atom is -0.508 e. The summed E-state index contributed by atoms with van der Waals surface area (Å²) in [6, 6.07) is 6.74.